The molecule has 0 aromatic heterocycles. The van der Waals surface area contributed by atoms with Crippen LogP contribution in [0.15, 0.2) is 12.1 Å². The summed E-state index contributed by atoms with van der Waals surface area (Å²) in [5, 5.41) is 10.8. The van der Waals surface area contributed by atoms with Crippen molar-refractivity contribution in [1.82, 2.24) is 0 Å². The molecule has 2 aliphatic carbocycles. The number of fused-ring (bicyclic) bond motifs is 2. The number of hydrogen-bond donors (Lipinski definition) is 1. The first-order valence-electron chi connectivity index (χ1n) is 7.43. The first kappa shape index (κ1) is 13.0. The lowest BCUT2D eigenvalue weighted by Gasteiger charge is -2.29. The van der Waals surface area contributed by atoms with Gasteiger partial charge in [0.15, 0.2) is 0 Å². The fourth-order valence-electron chi connectivity index (χ4n) is 4.38. The van der Waals surface area contributed by atoms with Crippen LogP contribution in [0.25, 0.3) is 0 Å². The summed E-state index contributed by atoms with van der Waals surface area (Å²) in [5.41, 5.74) is 3.37. The Hall–Kier alpha value is -1.02. The molecule has 2 nitrogen and oxygen atoms in total. The van der Waals surface area contributed by atoms with Gasteiger partial charge in [-0.05, 0) is 68.1 Å². The van der Waals surface area contributed by atoms with Gasteiger partial charge >= 0.3 is 0 Å². The summed E-state index contributed by atoms with van der Waals surface area (Å²) in [6.45, 7) is 4.16. The lowest BCUT2D eigenvalue weighted by Crippen LogP contribution is -2.20. The van der Waals surface area contributed by atoms with Gasteiger partial charge in [0, 0.05) is 5.56 Å². The summed E-state index contributed by atoms with van der Waals surface area (Å²) in [6.07, 6.45) is 4.85. The van der Waals surface area contributed by atoms with Gasteiger partial charge in [-0.1, -0.05) is 12.5 Å². The molecule has 0 aliphatic heterocycles. The molecule has 2 bridgehead atoms. The Labute approximate surface area is 115 Å². The Morgan fingerprint density at radius 3 is 2.58 bits per heavy atom. The smallest absolute Gasteiger partial charge is 0.125 e. The van der Waals surface area contributed by atoms with Gasteiger partial charge in [0.05, 0.1) is 13.2 Å². The molecule has 1 aromatic rings. The second kappa shape index (κ2) is 4.82. The van der Waals surface area contributed by atoms with Crippen LogP contribution < -0.4 is 4.74 Å². The fraction of sp³-hybridized carbons (Fsp3) is 0.647. The van der Waals surface area contributed by atoms with E-state index in [1.165, 1.54) is 31.2 Å². The molecule has 2 saturated carbocycles. The van der Waals surface area contributed by atoms with Gasteiger partial charge in [0.2, 0.25) is 0 Å². The molecule has 3 rings (SSSR count). The van der Waals surface area contributed by atoms with Crippen LogP contribution in [-0.2, 0) is 0 Å². The first-order valence-corrected chi connectivity index (χ1v) is 7.43. The van der Waals surface area contributed by atoms with Crippen molar-refractivity contribution in [3.63, 3.8) is 0 Å². The van der Waals surface area contributed by atoms with E-state index in [4.69, 9.17) is 4.74 Å². The van der Waals surface area contributed by atoms with Crippen molar-refractivity contribution in [1.29, 1.82) is 0 Å². The summed E-state index contributed by atoms with van der Waals surface area (Å²) in [6, 6.07) is 4.19. The highest BCUT2D eigenvalue weighted by atomic mass is 16.5. The Morgan fingerprint density at radius 1 is 1.21 bits per heavy atom. The second-order valence-electron chi connectivity index (χ2n) is 6.48. The van der Waals surface area contributed by atoms with Crippen molar-refractivity contribution in [2.24, 2.45) is 17.8 Å². The Kier molecular flexibility index (Phi) is 3.30. The van der Waals surface area contributed by atoms with Crippen LogP contribution in [0.4, 0.5) is 0 Å². The average molecular weight is 260 g/mol. The average Bonchev–Trinajstić information content (AvgIpc) is 2.99. The first-order chi connectivity index (χ1) is 9.10. The third-order valence-corrected chi connectivity index (χ3v) is 5.21. The topological polar surface area (TPSA) is 29.5 Å². The largest absolute Gasteiger partial charge is 0.496 e. The number of hydrogen-bond acceptors (Lipinski definition) is 2. The number of benzene rings is 1. The molecular weight excluding hydrogens is 236 g/mol. The quantitative estimate of drug-likeness (QED) is 0.896. The minimum Gasteiger partial charge on any atom is -0.496 e. The highest BCUT2D eigenvalue weighted by Crippen LogP contribution is 2.53. The SMILES string of the molecule is COc1cc(C)cc(C)c1C(O)C1CC2CCC1C2. The zero-order valence-corrected chi connectivity index (χ0v) is 12.1. The van der Waals surface area contributed by atoms with E-state index in [1.54, 1.807) is 7.11 Å². The molecule has 2 heteroatoms. The van der Waals surface area contributed by atoms with E-state index in [2.05, 4.69) is 19.9 Å². The molecule has 19 heavy (non-hydrogen) atoms. The van der Waals surface area contributed by atoms with E-state index in [0.29, 0.717) is 5.92 Å². The third kappa shape index (κ3) is 2.16. The third-order valence-electron chi connectivity index (χ3n) is 5.21. The van der Waals surface area contributed by atoms with Gasteiger partial charge in [-0.2, -0.15) is 0 Å². The summed E-state index contributed by atoms with van der Waals surface area (Å²) >= 11 is 0. The Morgan fingerprint density at radius 2 is 2.00 bits per heavy atom. The Balaban J connectivity index is 1.93. The van der Waals surface area contributed by atoms with Crippen LogP contribution in [0.2, 0.25) is 0 Å². The van der Waals surface area contributed by atoms with Crippen LogP contribution in [0, 0.1) is 31.6 Å². The number of aliphatic hydroxyl groups is 1. The summed E-state index contributed by atoms with van der Waals surface area (Å²) < 4.78 is 5.51. The van der Waals surface area contributed by atoms with Gasteiger partial charge in [0.25, 0.3) is 0 Å². The van der Waals surface area contributed by atoms with Gasteiger partial charge in [-0.15, -0.1) is 0 Å². The molecule has 2 fully saturated rings. The number of aryl methyl sites for hydroxylation is 2. The van der Waals surface area contributed by atoms with Crippen LogP contribution >= 0.6 is 0 Å². The lowest BCUT2D eigenvalue weighted by atomic mass is 9.80. The predicted octanol–water partition coefficient (Wildman–Crippen LogP) is 3.78. The predicted molar refractivity (Wildman–Crippen MR) is 76.4 cm³/mol. The molecule has 1 aromatic carbocycles. The second-order valence-corrected chi connectivity index (χ2v) is 6.48. The van der Waals surface area contributed by atoms with E-state index in [0.717, 1.165) is 28.7 Å². The molecule has 0 radical (unpaired) electrons. The minimum atomic E-state index is -0.356. The molecule has 0 amide bonds. The lowest BCUT2D eigenvalue weighted by molar-refractivity contribution is 0.0717. The van der Waals surface area contributed by atoms with Crippen LogP contribution in [0.5, 0.6) is 5.75 Å². The van der Waals surface area contributed by atoms with E-state index >= 15 is 0 Å². The molecule has 104 valence electrons. The molecule has 4 unspecified atom stereocenters. The van der Waals surface area contributed by atoms with Crippen LogP contribution in [-0.4, -0.2) is 12.2 Å². The van der Waals surface area contributed by atoms with Gasteiger partial charge in [-0.25, -0.2) is 0 Å². The van der Waals surface area contributed by atoms with E-state index in [-0.39, 0.29) is 6.10 Å². The molecule has 2 aliphatic rings. The van der Waals surface area contributed by atoms with Gasteiger partial charge in [0.1, 0.15) is 5.75 Å². The summed E-state index contributed by atoms with van der Waals surface area (Å²) in [7, 11) is 1.70. The zero-order chi connectivity index (χ0) is 13.6. The zero-order valence-electron chi connectivity index (χ0n) is 12.1. The van der Waals surface area contributed by atoms with Crippen molar-refractivity contribution < 1.29 is 9.84 Å². The van der Waals surface area contributed by atoms with E-state index in [9.17, 15) is 5.11 Å². The van der Waals surface area contributed by atoms with Crippen molar-refractivity contribution in [2.75, 3.05) is 7.11 Å². The highest BCUT2D eigenvalue weighted by molar-refractivity contribution is 5.44. The normalized spacial score (nSPS) is 30.6. The maximum atomic E-state index is 10.8. The van der Waals surface area contributed by atoms with E-state index < -0.39 is 0 Å². The van der Waals surface area contributed by atoms with Crippen molar-refractivity contribution >= 4 is 0 Å². The van der Waals surface area contributed by atoms with Crippen molar-refractivity contribution in [3.05, 3.63) is 28.8 Å². The highest BCUT2D eigenvalue weighted by Gasteiger charge is 2.43. The van der Waals surface area contributed by atoms with Crippen molar-refractivity contribution in [2.45, 2.75) is 45.6 Å². The number of aliphatic hydroxyl groups excluding tert-OH is 1. The fourth-order valence-corrected chi connectivity index (χ4v) is 4.38. The molecule has 0 heterocycles. The van der Waals surface area contributed by atoms with Crippen molar-refractivity contribution in [3.8, 4) is 5.75 Å². The maximum absolute atomic E-state index is 10.8. The van der Waals surface area contributed by atoms with E-state index in [1.807, 2.05) is 6.07 Å². The molecule has 1 N–H and O–H groups in total. The van der Waals surface area contributed by atoms with Gasteiger partial charge < -0.3 is 9.84 Å². The number of methoxy groups -OCH3 is 1. The number of rotatable bonds is 3. The molecule has 4 atom stereocenters. The summed E-state index contributed by atoms with van der Waals surface area (Å²) in [5.74, 6) is 2.88. The maximum Gasteiger partial charge on any atom is 0.125 e. The Bertz CT molecular complexity index is 480. The monoisotopic (exact) mass is 260 g/mol. The van der Waals surface area contributed by atoms with Gasteiger partial charge in [-0.3, -0.25) is 0 Å². The molecule has 0 saturated heterocycles. The number of ether oxygens (including phenoxy) is 1. The molecule has 0 spiro atoms. The van der Waals surface area contributed by atoms with Crippen LogP contribution in [0.1, 0.15) is 48.5 Å². The van der Waals surface area contributed by atoms with Crippen LogP contribution in [0.3, 0.4) is 0 Å². The summed E-state index contributed by atoms with van der Waals surface area (Å²) in [4.78, 5) is 0. The molecular formula is C17H24O2. The minimum absolute atomic E-state index is 0.356. The standard InChI is InChI=1S/C17H24O2/c1-10-6-11(2)16(15(7-10)19-3)17(18)14-9-12-4-5-13(14)8-12/h6-7,12-14,17-18H,4-5,8-9H2,1-3H3.